The monoisotopic (exact) mass is 536 g/mol. The first-order valence-corrected chi connectivity index (χ1v) is 14.0. The average Bonchev–Trinajstić information content (AvgIpc) is 3.07. The van der Waals surface area contributed by atoms with Crippen molar-refractivity contribution in [1.82, 2.24) is 9.47 Å². The van der Waals surface area contributed by atoms with Gasteiger partial charge in [0.2, 0.25) is 0 Å². The molecule has 210 valence electrons. The van der Waals surface area contributed by atoms with E-state index in [0.29, 0.717) is 36.8 Å². The maximum absolute atomic E-state index is 12.7. The summed E-state index contributed by atoms with van der Waals surface area (Å²) in [6.45, 7) is 5.84. The van der Waals surface area contributed by atoms with Crippen LogP contribution in [0.4, 0.5) is 0 Å². The normalized spacial score (nSPS) is 21.6. The third-order valence-corrected chi connectivity index (χ3v) is 8.12. The highest BCUT2D eigenvalue weighted by Crippen LogP contribution is 2.43. The Morgan fingerprint density at radius 2 is 1.72 bits per heavy atom. The molecule has 2 aliphatic carbocycles. The van der Waals surface area contributed by atoms with Gasteiger partial charge in [0.05, 0.1) is 5.92 Å². The summed E-state index contributed by atoms with van der Waals surface area (Å²) in [4.78, 5) is 34.2. The fraction of sp³-hybridized carbons (Fsp3) is 0.516. The van der Waals surface area contributed by atoms with Crippen LogP contribution in [0.25, 0.3) is 10.9 Å². The molecule has 1 aromatic heterocycles. The Labute approximate surface area is 229 Å². The molecule has 1 fully saturated rings. The van der Waals surface area contributed by atoms with Gasteiger partial charge >= 0.3 is 17.9 Å². The van der Waals surface area contributed by atoms with Crippen LogP contribution in [0, 0.1) is 5.92 Å². The first kappa shape index (κ1) is 28.6. The van der Waals surface area contributed by atoms with Gasteiger partial charge in [-0.1, -0.05) is 43.9 Å². The average molecular weight is 537 g/mol. The second kappa shape index (κ2) is 12.6. The zero-order valence-corrected chi connectivity index (χ0v) is 23.1. The van der Waals surface area contributed by atoms with E-state index in [4.69, 9.17) is 14.9 Å². The third-order valence-electron chi connectivity index (χ3n) is 8.12. The molecule has 2 N–H and O–H groups in total. The Morgan fingerprint density at radius 1 is 1.05 bits per heavy atom. The SMILES string of the molecule is CC(C)n1cc2c3c(cccc31)[C@H]1C=C(COC(=O)C3CCCCCC3)CN(C)[C@@H]1C2.O=C(O)/C=C\C(=O)O. The molecule has 8 nitrogen and oxygen atoms in total. The number of nitrogens with zero attached hydrogens (tertiary/aromatic N) is 2. The Balaban J connectivity index is 0.000000386. The summed E-state index contributed by atoms with van der Waals surface area (Å²) in [6, 6.07) is 7.70. The highest BCUT2D eigenvalue weighted by atomic mass is 16.5. The maximum atomic E-state index is 12.7. The van der Waals surface area contributed by atoms with Crippen LogP contribution in [0.5, 0.6) is 0 Å². The minimum absolute atomic E-state index is 0.0228. The standard InChI is InChI=1S/C27H36N2O2.C4H4O4/c1-18(2)29-16-21-14-25-23(22-11-8-12-24(29)26(21)22)13-19(15-28(25)3)17-31-27(30)20-9-6-4-5-7-10-20;5-3(6)1-2-4(7)8/h8,11-13,16,18,20,23,25H,4-7,9-10,14-15,17H2,1-3H3;1-2H,(H,5,6)(H,7,8)/b;2-1-/t23-,25-;/m1./s1. The van der Waals surface area contributed by atoms with Crippen molar-refractivity contribution in [3.63, 3.8) is 0 Å². The van der Waals surface area contributed by atoms with Crippen molar-refractivity contribution in [2.45, 2.75) is 76.8 Å². The molecule has 1 aliphatic heterocycles. The van der Waals surface area contributed by atoms with Crippen molar-refractivity contribution in [1.29, 1.82) is 0 Å². The number of carboxylic acids is 2. The largest absolute Gasteiger partial charge is 0.478 e. The van der Waals surface area contributed by atoms with Crippen molar-refractivity contribution in [3.05, 3.63) is 59.3 Å². The molecule has 39 heavy (non-hydrogen) atoms. The Hall–Kier alpha value is -3.39. The number of carbonyl (C=O) groups excluding carboxylic acids is 1. The molecular formula is C31H40N2O6. The van der Waals surface area contributed by atoms with Gasteiger partial charge in [0.25, 0.3) is 0 Å². The van der Waals surface area contributed by atoms with Gasteiger partial charge in [0.15, 0.2) is 0 Å². The molecule has 0 bridgehead atoms. The molecule has 5 rings (SSSR count). The summed E-state index contributed by atoms with van der Waals surface area (Å²) >= 11 is 0. The van der Waals surface area contributed by atoms with E-state index < -0.39 is 11.9 Å². The van der Waals surface area contributed by atoms with Crippen molar-refractivity contribution in [2.24, 2.45) is 5.92 Å². The van der Waals surface area contributed by atoms with Gasteiger partial charge in [-0.25, -0.2) is 9.59 Å². The van der Waals surface area contributed by atoms with Crippen LogP contribution in [0.2, 0.25) is 0 Å². The van der Waals surface area contributed by atoms with Gasteiger partial charge in [0, 0.05) is 53.8 Å². The molecule has 0 unspecified atom stereocenters. The molecule has 2 atom stereocenters. The maximum Gasteiger partial charge on any atom is 0.328 e. The van der Waals surface area contributed by atoms with E-state index in [2.05, 4.69) is 60.8 Å². The summed E-state index contributed by atoms with van der Waals surface area (Å²) in [5.41, 5.74) is 5.50. The van der Waals surface area contributed by atoms with E-state index in [1.165, 1.54) is 40.4 Å². The molecule has 2 heterocycles. The van der Waals surface area contributed by atoms with E-state index in [1.54, 1.807) is 0 Å². The smallest absolute Gasteiger partial charge is 0.328 e. The molecule has 3 aliphatic rings. The number of likely N-dealkylation sites (N-methyl/N-ethyl adjacent to an activating group) is 1. The van der Waals surface area contributed by atoms with Gasteiger partial charge in [-0.15, -0.1) is 0 Å². The van der Waals surface area contributed by atoms with E-state index in [-0.39, 0.29) is 11.9 Å². The van der Waals surface area contributed by atoms with Gasteiger partial charge in [-0.05, 0) is 62.9 Å². The summed E-state index contributed by atoms with van der Waals surface area (Å²) in [6.07, 6.45) is 13.8. The van der Waals surface area contributed by atoms with Crippen LogP contribution in [-0.4, -0.2) is 63.8 Å². The second-order valence-electron chi connectivity index (χ2n) is 11.2. The number of rotatable bonds is 6. The molecule has 0 saturated heterocycles. The second-order valence-corrected chi connectivity index (χ2v) is 11.2. The summed E-state index contributed by atoms with van der Waals surface area (Å²) in [5, 5.41) is 17.1. The van der Waals surface area contributed by atoms with E-state index in [0.717, 1.165) is 38.6 Å². The highest BCUT2D eigenvalue weighted by molar-refractivity contribution is 5.90. The Bertz CT molecular complexity index is 1250. The Morgan fingerprint density at radius 3 is 2.33 bits per heavy atom. The van der Waals surface area contributed by atoms with E-state index in [9.17, 15) is 14.4 Å². The topological polar surface area (TPSA) is 109 Å². The summed E-state index contributed by atoms with van der Waals surface area (Å²) < 4.78 is 8.27. The van der Waals surface area contributed by atoms with Crippen molar-refractivity contribution in [2.75, 3.05) is 20.2 Å². The summed E-state index contributed by atoms with van der Waals surface area (Å²) in [5.74, 6) is -2.02. The fourth-order valence-electron chi connectivity index (χ4n) is 6.25. The molecular weight excluding hydrogens is 496 g/mol. The van der Waals surface area contributed by atoms with Crippen molar-refractivity contribution < 1.29 is 29.3 Å². The number of hydrogen-bond donors (Lipinski definition) is 2. The molecule has 1 aromatic carbocycles. The first-order chi connectivity index (χ1) is 18.7. The van der Waals surface area contributed by atoms with Gasteiger partial charge in [-0.2, -0.15) is 0 Å². The van der Waals surface area contributed by atoms with Crippen LogP contribution in [-0.2, 0) is 25.5 Å². The molecule has 0 amide bonds. The molecule has 1 saturated carbocycles. The molecule has 0 radical (unpaired) electrons. The zero-order chi connectivity index (χ0) is 28.1. The van der Waals surface area contributed by atoms with Gasteiger partial charge in [0.1, 0.15) is 6.61 Å². The third kappa shape index (κ3) is 6.79. The lowest BCUT2D eigenvalue weighted by atomic mass is 9.77. The minimum atomic E-state index is -1.26. The van der Waals surface area contributed by atoms with Crippen molar-refractivity contribution in [3.8, 4) is 0 Å². The predicted octanol–water partition coefficient (Wildman–Crippen LogP) is 5.33. The van der Waals surface area contributed by atoms with Gasteiger partial charge in [-0.3, -0.25) is 9.69 Å². The number of carboxylic acid groups (broad SMARTS) is 2. The van der Waals surface area contributed by atoms with Gasteiger partial charge < -0.3 is 19.5 Å². The van der Waals surface area contributed by atoms with Crippen LogP contribution < -0.4 is 0 Å². The number of hydrogen-bond acceptors (Lipinski definition) is 5. The number of aromatic nitrogens is 1. The number of fused-ring (bicyclic) bond motifs is 2. The zero-order valence-electron chi connectivity index (χ0n) is 23.1. The van der Waals surface area contributed by atoms with Crippen molar-refractivity contribution >= 4 is 28.8 Å². The lowest BCUT2D eigenvalue weighted by Gasteiger charge is -2.41. The Kier molecular flexibility index (Phi) is 9.28. The van der Waals surface area contributed by atoms with Crippen LogP contribution in [0.15, 0.2) is 48.2 Å². The molecule has 8 heteroatoms. The number of ether oxygens (including phenoxy) is 1. The molecule has 2 aromatic rings. The number of esters is 1. The quantitative estimate of drug-likeness (QED) is 0.222. The predicted molar refractivity (Wildman–Crippen MR) is 150 cm³/mol. The van der Waals surface area contributed by atoms with Crippen LogP contribution >= 0.6 is 0 Å². The van der Waals surface area contributed by atoms with E-state index in [1.807, 2.05) is 0 Å². The number of aliphatic carboxylic acids is 2. The minimum Gasteiger partial charge on any atom is -0.478 e. The highest BCUT2D eigenvalue weighted by Gasteiger charge is 2.36. The fourth-order valence-corrected chi connectivity index (χ4v) is 6.25. The number of benzene rings is 1. The summed E-state index contributed by atoms with van der Waals surface area (Å²) in [7, 11) is 2.22. The first-order valence-electron chi connectivity index (χ1n) is 14.0. The lowest BCUT2D eigenvalue weighted by molar-refractivity contribution is -0.148. The van der Waals surface area contributed by atoms with Crippen LogP contribution in [0.1, 0.15) is 75.5 Å². The van der Waals surface area contributed by atoms with E-state index >= 15 is 0 Å². The number of carbonyl (C=O) groups is 3. The lowest BCUT2D eigenvalue weighted by Crippen LogP contribution is -2.44. The molecule has 0 spiro atoms. The van der Waals surface area contributed by atoms with Crippen LogP contribution in [0.3, 0.4) is 0 Å².